The summed E-state index contributed by atoms with van der Waals surface area (Å²) in [6, 6.07) is 1.68. The first-order chi connectivity index (χ1) is 6.54. The number of rotatable bonds is 4. The van der Waals surface area contributed by atoms with Crippen LogP contribution in [-0.4, -0.2) is 24.0 Å². The smallest absolute Gasteiger partial charge is 0.372 e. The number of ketones is 1. The Morgan fingerprint density at radius 3 is 2.71 bits per heavy atom. The third-order valence-electron chi connectivity index (χ3n) is 1.47. The number of Topliss-reactive ketones (excluding diaryl/α,β-unsaturated/α-hetero) is 1. The first kappa shape index (κ1) is 11.2. The number of ether oxygens (including phenoxy) is 1. The van der Waals surface area contributed by atoms with Crippen molar-refractivity contribution in [1.82, 2.24) is 0 Å². The fraction of sp³-hybridized carbons (Fsp3) is 0.250. The second-order valence-electron chi connectivity index (χ2n) is 2.46. The predicted octanol–water partition coefficient (Wildman–Crippen LogP) is 1.72. The quantitative estimate of drug-likeness (QED) is 0.852. The molecule has 0 aromatic carbocycles. The number of hydrogen-bond acceptors (Lipinski definition) is 4. The molecule has 1 aromatic rings. The van der Waals surface area contributed by atoms with E-state index in [1.165, 1.54) is 18.4 Å². The lowest BCUT2D eigenvalue weighted by Crippen LogP contribution is -2.14. The van der Waals surface area contributed by atoms with Gasteiger partial charge in [-0.1, -0.05) is 0 Å². The molecule has 0 saturated carbocycles. The molecule has 1 rings (SSSR count). The van der Waals surface area contributed by atoms with Gasteiger partial charge in [0.15, 0.2) is 5.06 Å². The molecule has 0 amide bonds. The van der Waals surface area contributed by atoms with Gasteiger partial charge in [0.25, 0.3) is 0 Å². The highest BCUT2D eigenvalue weighted by Gasteiger charge is 2.15. The molecule has 6 heteroatoms. The lowest BCUT2D eigenvalue weighted by Gasteiger charge is -1.92. The summed E-state index contributed by atoms with van der Waals surface area (Å²) in [5, 5.41) is 9.03. The van der Waals surface area contributed by atoms with Crippen molar-refractivity contribution >= 4 is 39.0 Å². The average molecular weight is 279 g/mol. The highest BCUT2D eigenvalue weighted by molar-refractivity contribution is 9.10. The molecule has 1 N–H and O–H groups in total. The van der Waals surface area contributed by atoms with Gasteiger partial charge in [-0.05, 0) is 22.0 Å². The van der Waals surface area contributed by atoms with Crippen LogP contribution >= 0.6 is 27.3 Å². The van der Waals surface area contributed by atoms with Crippen LogP contribution in [-0.2, 0) is 16.0 Å². The van der Waals surface area contributed by atoms with Gasteiger partial charge in [0.2, 0.25) is 5.78 Å². The van der Waals surface area contributed by atoms with Crippen molar-refractivity contribution in [2.24, 2.45) is 0 Å². The van der Waals surface area contributed by atoms with Crippen molar-refractivity contribution in [3.63, 3.8) is 0 Å². The van der Waals surface area contributed by atoms with Crippen molar-refractivity contribution < 1.29 is 19.4 Å². The molecule has 0 aliphatic heterocycles. The first-order valence-electron chi connectivity index (χ1n) is 3.63. The van der Waals surface area contributed by atoms with Crippen LogP contribution in [0.4, 0.5) is 0 Å². The van der Waals surface area contributed by atoms with Crippen LogP contribution in [0.1, 0.15) is 4.88 Å². The van der Waals surface area contributed by atoms with E-state index in [1.807, 2.05) is 0 Å². The Bertz CT molecular complexity index is 371. The molecule has 1 heterocycles. The summed E-state index contributed by atoms with van der Waals surface area (Å²) < 4.78 is 5.72. The number of carbonyl (C=O) groups excluding carboxylic acids is 1. The molecule has 0 radical (unpaired) electrons. The monoisotopic (exact) mass is 278 g/mol. The molecule has 0 aliphatic carbocycles. The number of methoxy groups -OCH3 is 1. The third kappa shape index (κ3) is 2.55. The van der Waals surface area contributed by atoms with E-state index in [-0.39, 0.29) is 6.42 Å². The molecule has 0 bridgehead atoms. The van der Waals surface area contributed by atoms with E-state index in [0.717, 1.165) is 4.47 Å². The maximum atomic E-state index is 10.9. The van der Waals surface area contributed by atoms with E-state index in [0.29, 0.717) is 9.94 Å². The zero-order valence-corrected chi connectivity index (χ0v) is 9.65. The summed E-state index contributed by atoms with van der Waals surface area (Å²) in [4.78, 5) is 21.8. The molecule has 0 saturated heterocycles. The number of carboxylic acid groups (broad SMARTS) is 1. The Hall–Kier alpha value is -0.880. The minimum absolute atomic E-state index is 0.0953. The summed E-state index contributed by atoms with van der Waals surface area (Å²) in [6.07, 6.45) is -0.0953. The minimum atomic E-state index is -1.41. The second-order valence-corrected chi connectivity index (χ2v) is 4.41. The third-order valence-corrected chi connectivity index (χ3v) is 3.41. The van der Waals surface area contributed by atoms with Gasteiger partial charge in [0, 0.05) is 4.88 Å². The van der Waals surface area contributed by atoms with Gasteiger partial charge in [-0.25, -0.2) is 4.79 Å². The molecule has 0 aliphatic rings. The topological polar surface area (TPSA) is 63.6 Å². The summed E-state index contributed by atoms with van der Waals surface area (Å²) in [6.45, 7) is 0. The van der Waals surface area contributed by atoms with Crippen molar-refractivity contribution in [2.75, 3.05) is 7.11 Å². The summed E-state index contributed by atoms with van der Waals surface area (Å²) in [5.74, 6) is -2.23. The van der Waals surface area contributed by atoms with E-state index in [2.05, 4.69) is 15.9 Å². The molecule has 14 heavy (non-hydrogen) atoms. The van der Waals surface area contributed by atoms with Gasteiger partial charge in [-0.15, -0.1) is 11.3 Å². The van der Waals surface area contributed by atoms with Crippen molar-refractivity contribution in [1.29, 1.82) is 0 Å². The van der Waals surface area contributed by atoms with E-state index in [9.17, 15) is 9.59 Å². The Balaban J connectivity index is 2.78. The Morgan fingerprint density at radius 2 is 2.29 bits per heavy atom. The van der Waals surface area contributed by atoms with E-state index >= 15 is 0 Å². The summed E-state index contributed by atoms with van der Waals surface area (Å²) in [5.41, 5.74) is 0. The lowest BCUT2D eigenvalue weighted by molar-refractivity contribution is -0.148. The summed E-state index contributed by atoms with van der Waals surface area (Å²) >= 11 is 4.48. The first-order valence-corrected chi connectivity index (χ1v) is 5.24. The highest BCUT2D eigenvalue weighted by atomic mass is 79.9. The van der Waals surface area contributed by atoms with Crippen LogP contribution in [0.15, 0.2) is 10.5 Å². The van der Waals surface area contributed by atoms with Crippen molar-refractivity contribution in [3.8, 4) is 5.06 Å². The van der Waals surface area contributed by atoms with Gasteiger partial charge in [0.1, 0.15) is 0 Å². The predicted molar refractivity (Wildman–Crippen MR) is 54.9 cm³/mol. The maximum Gasteiger partial charge on any atom is 0.372 e. The lowest BCUT2D eigenvalue weighted by atomic mass is 10.2. The zero-order chi connectivity index (χ0) is 10.7. The van der Waals surface area contributed by atoms with E-state index < -0.39 is 11.8 Å². The second kappa shape index (κ2) is 4.56. The van der Waals surface area contributed by atoms with E-state index in [4.69, 9.17) is 9.84 Å². The number of aliphatic carboxylic acids is 1. The molecular weight excluding hydrogens is 272 g/mol. The number of carbonyl (C=O) groups is 2. The fourth-order valence-electron chi connectivity index (χ4n) is 0.858. The largest absolute Gasteiger partial charge is 0.486 e. The van der Waals surface area contributed by atoms with Gasteiger partial charge in [-0.3, -0.25) is 4.79 Å². The number of carboxylic acids is 1. The van der Waals surface area contributed by atoms with Gasteiger partial charge >= 0.3 is 5.97 Å². The van der Waals surface area contributed by atoms with Crippen molar-refractivity contribution in [2.45, 2.75) is 6.42 Å². The molecule has 0 fully saturated rings. The van der Waals surface area contributed by atoms with E-state index in [1.54, 1.807) is 6.07 Å². The molecule has 0 atom stereocenters. The number of thiophene rings is 1. The standard InChI is InChI=1S/C8H7BrO4S/c1-13-8-5(9)2-4(14-8)3-6(10)7(11)12/h2H,3H2,1H3,(H,11,12). The van der Waals surface area contributed by atoms with Gasteiger partial charge in [0.05, 0.1) is 18.0 Å². The molecule has 76 valence electrons. The SMILES string of the molecule is COc1sc(CC(=O)C(=O)O)cc1Br. The fourth-order valence-corrected chi connectivity index (χ4v) is 2.55. The van der Waals surface area contributed by atoms with Crippen molar-refractivity contribution in [3.05, 3.63) is 15.4 Å². The number of hydrogen-bond donors (Lipinski definition) is 1. The Morgan fingerprint density at radius 1 is 1.64 bits per heavy atom. The van der Waals surface area contributed by atoms with Gasteiger partial charge in [-0.2, -0.15) is 0 Å². The van der Waals surface area contributed by atoms with Crippen LogP contribution < -0.4 is 4.74 Å². The average Bonchev–Trinajstić information content (AvgIpc) is 2.45. The van der Waals surface area contributed by atoms with Crippen LogP contribution in [0.2, 0.25) is 0 Å². The molecule has 4 nitrogen and oxygen atoms in total. The minimum Gasteiger partial charge on any atom is -0.486 e. The summed E-state index contributed by atoms with van der Waals surface area (Å²) in [7, 11) is 1.51. The van der Waals surface area contributed by atoms with Crippen LogP contribution in [0, 0.1) is 0 Å². The Labute approximate surface area is 92.6 Å². The zero-order valence-electron chi connectivity index (χ0n) is 7.24. The van der Waals surface area contributed by atoms with Crippen LogP contribution in [0.3, 0.4) is 0 Å². The van der Waals surface area contributed by atoms with Gasteiger partial charge < -0.3 is 9.84 Å². The maximum absolute atomic E-state index is 10.9. The molecule has 1 aromatic heterocycles. The highest BCUT2D eigenvalue weighted by Crippen LogP contribution is 2.34. The molecular formula is C8H7BrO4S. The van der Waals surface area contributed by atoms with Crippen LogP contribution in [0.5, 0.6) is 5.06 Å². The molecule has 0 unspecified atom stereocenters. The Kier molecular flexibility index (Phi) is 3.65. The number of halogens is 1. The molecule has 0 spiro atoms. The van der Waals surface area contributed by atoms with Crippen LogP contribution in [0.25, 0.3) is 0 Å². The normalized spacial score (nSPS) is 9.86.